The highest BCUT2D eigenvalue weighted by Crippen LogP contribution is 2.36. The van der Waals surface area contributed by atoms with Crippen LogP contribution in [0.1, 0.15) is 17.3 Å². The van der Waals surface area contributed by atoms with E-state index in [1.807, 2.05) is 5.32 Å². The maximum Gasteiger partial charge on any atom is 0.315 e. The SMILES string of the molecule is CC(=O)c1c(Nc2ccc(-n3cc(NC(=O)C(F)F)cn3)c(S(N)(=O)=O)c2)cccc1-c1ccccc1Cl. The molecule has 0 bridgehead atoms. The number of benzene rings is 3. The summed E-state index contributed by atoms with van der Waals surface area (Å²) < 4.78 is 51.0. The molecular formula is C25H20ClF2N5O4S. The average molecular weight is 560 g/mol. The molecule has 4 aromatic rings. The molecule has 0 aliphatic carbocycles. The van der Waals surface area contributed by atoms with Crippen LogP contribution in [0, 0.1) is 0 Å². The minimum Gasteiger partial charge on any atom is -0.355 e. The molecule has 0 aliphatic rings. The minimum absolute atomic E-state index is 0.00667. The largest absolute Gasteiger partial charge is 0.355 e. The first-order valence-corrected chi connectivity index (χ1v) is 12.8. The van der Waals surface area contributed by atoms with E-state index in [1.54, 1.807) is 42.5 Å². The van der Waals surface area contributed by atoms with Crippen molar-refractivity contribution in [2.45, 2.75) is 18.2 Å². The lowest BCUT2D eigenvalue weighted by atomic mass is 9.95. The van der Waals surface area contributed by atoms with Gasteiger partial charge in [0.05, 0.1) is 23.8 Å². The van der Waals surface area contributed by atoms with E-state index in [1.165, 1.54) is 31.3 Å². The number of aromatic nitrogens is 2. The minimum atomic E-state index is -4.30. The maximum atomic E-state index is 12.7. The summed E-state index contributed by atoms with van der Waals surface area (Å²) in [5.74, 6) is -1.78. The third-order valence-electron chi connectivity index (χ3n) is 5.42. The van der Waals surface area contributed by atoms with Gasteiger partial charge in [-0.15, -0.1) is 0 Å². The predicted molar refractivity (Wildman–Crippen MR) is 140 cm³/mol. The molecule has 0 unspecified atom stereocenters. The number of nitrogens with zero attached hydrogens (tertiary/aromatic N) is 2. The summed E-state index contributed by atoms with van der Waals surface area (Å²) in [6, 6.07) is 16.3. The lowest BCUT2D eigenvalue weighted by Crippen LogP contribution is -2.19. The molecule has 4 N–H and O–H groups in total. The molecule has 0 radical (unpaired) electrons. The van der Waals surface area contributed by atoms with Crippen LogP contribution in [0.5, 0.6) is 0 Å². The summed E-state index contributed by atoms with van der Waals surface area (Å²) in [5.41, 5.74) is 2.21. The van der Waals surface area contributed by atoms with Crippen LogP contribution in [0.3, 0.4) is 0 Å². The molecule has 1 aromatic heterocycles. The molecule has 0 aliphatic heterocycles. The van der Waals surface area contributed by atoms with Gasteiger partial charge in [-0.05, 0) is 42.8 Å². The number of alkyl halides is 2. The number of nitrogens with two attached hydrogens (primary N) is 1. The van der Waals surface area contributed by atoms with Gasteiger partial charge < -0.3 is 10.6 Å². The van der Waals surface area contributed by atoms with Gasteiger partial charge in [0.1, 0.15) is 4.90 Å². The number of carbonyl (C=O) groups is 2. The molecule has 3 aromatic carbocycles. The molecule has 0 saturated carbocycles. The topological polar surface area (TPSA) is 136 Å². The van der Waals surface area contributed by atoms with Crippen molar-refractivity contribution in [3.63, 3.8) is 0 Å². The van der Waals surface area contributed by atoms with Crippen LogP contribution >= 0.6 is 11.6 Å². The molecular weight excluding hydrogens is 540 g/mol. The van der Waals surface area contributed by atoms with Gasteiger partial charge in [0.25, 0.3) is 5.91 Å². The van der Waals surface area contributed by atoms with Crippen molar-refractivity contribution in [2.75, 3.05) is 10.6 Å². The number of nitrogens with one attached hydrogen (secondary N) is 2. The molecule has 1 heterocycles. The first-order valence-electron chi connectivity index (χ1n) is 10.9. The Kier molecular flexibility index (Phi) is 7.58. The Balaban J connectivity index is 1.75. The monoisotopic (exact) mass is 559 g/mol. The van der Waals surface area contributed by atoms with Gasteiger partial charge in [0.15, 0.2) is 5.78 Å². The summed E-state index contributed by atoms with van der Waals surface area (Å²) in [6.07, 6.45) is -0.989. The number of amides is 1. The normalized spacial score (nSPS) is 11.4. The van der Waals surface area contributed by atoms with E-state index < -0.39 is 22.4 Å². The summed E-state index contributed by atoms with van der Waals surface area (Å²) in [4.78, 5) is 23.6. The number of carbonyl (C=O) groups excluding carboxylic acids is 2. The Morgan fingerprint density at radius 1 is 1.03 bits per heavy atom. The fraction of sp³-hybridized carbons (Fsp3) is 0.0800. The van der Waals surface area contributed by atoms with Crippen LogP contribution in [0.4, 0.5) is 25.8 Å². The molecule has 0 saturated heterocycles. The Bertz CT molecular complexity index is 1660. The molecule has 1 amide bonds. The number of Topliss-reactive ketones (excluding diaryl/α,β-unsaturated/α-hetero) is 1. The first-order chi connectivity index (χ1) is 18.0. The molecule has 0 atom stereocenters. The van der Waals surface area contributed by atoms with Crippen molar-refractivity contribution < 1.29 is 26.8 Å². The number of rotatable bonds is 8. The molecule has 38 heavy (non-hydrogen) atoms. The highest BCUT2D eigenvalue weighted by atomic mass is 35.5. The van der Waals surface area contributed by atoms with Crippen LogP contribution in [0.15, 0.2) is 78.0 Å². The summed E-state index contributed by atoms with van der Waals surface area (Å²) in [5, 5.41) is 14.9. The number of hydrogen-bond donors (Lipinski definition) is 3. The van der Waals surface area contributed by atoms with Gasteiger partial charge >= 0.3 is 6.43 Å². The lowest BCUT2D eigenvalue weighted by Gasteiger charge is -2.17. The quantitative estimate of drug-likeness (QED) is 0.260. The number of halogens is 3. The Morgan fingerprint density at radius 2 is 1.74 bits per heavy atom. The summed E-state index contributed by atoms with van der Waals surface area (Å²) >= 11 is 6.36. The van der Waals surface area contributed by atoms with E-state index in [-0.39, 0.29) is 27.7 Å². The maximum absolute atomic E-state index is 12.7. The second-order valence-electron chi connectivity index (χ2n) is 8.08. The first kappa shape index (κ1) is 26.9. The van der Waals surface area contributed by atoms with Crippen molar-refractivity contribution in [3.8, 4) is 16.8 Å². The van der Waals surface area contributed by atoms with E-state index >= 15 is 0 Å². The van der Waals surface area contributed by atoms with Crippen LogP contribution < -0.4 is 15.8 Å². The zero-order valence-corrected chi connectivity index (χ0v) is 21.2. The van der Waals surface area contributed by atoms with Gasteiger partial charge in [-0.1, -0.05) is 41.9 Å². The number of ketones is 1. The Labute approximate surface area is 221 Å². The zero-order chi connectivity index (χ0) is 27.6. The highest BCUT2D eigenvalue weighted by Gasteiger charge is 2.21. The molecule has 4 rings (SSSR count). The van der Waals surface area contributed by atoms with Gasteiger partial charge in [0, 0.05) is 27.5 Å². The van der Waals surface area contributed by atoms with Crippen molar-refractivity contribution in [1.29, 1.82) is 0 Å². The highest BCUT2D eigenvalue weighted by molar-refractivity contribution is 7.89. The fourth-order valence-electron chi connectivity index (χ4n) is 3.82. The number of sulfonamides is 1. The standard InChI is InChI=1S/C25H20ClF2N5O4S/c1-14(34)23-18(17-5-2-3-7-19(17)26)6-4-8-20(23)31-15-9-10-21(22(11-15)38(29,36)37)33-13-16(12-30-33)32-25(35)24(27)28/h2-13,24,31H,1H3,(H,32,35)(H2,29,36,37). The van der Waals surface area contributed by atoms with Crippen LogP contribution in [0.2, 0.25) is 5.02 Å². The summed E-state index contributed by atoms with van der Waals surface area (Å²) in [7, 11) is -4.30. The van der Waals surface area contributed by atoms with Crippen molar-refractivity contribution in [2.24, 2.45) is 5.14 Å². The van der Waals surface area contributed by atoms with Crippen molar-refractivity contribution >= 4 is 50.4 Å². The van der Waals surface area contributed by atoms with Crippen LogP contribution in [-0.4, -0.2) is 36.3 Å². The van der Waals surface area contributed by atoms with E-state index in [0.29, 0.717) is 27.4 Å². The second-order valence-corrected chi connectivity index (χ2v) is 10.0. The number of primary sulfonamides is 1. The van der Waals surface area contributed by atoms with E-state index in [4.69, 9.17) is 16.7 Å². The van der Waals surface area contributed by atoms with Gasteiger partial charge in [-0.3, -0.25) is 9.59 Å². The lowest BCUT2D eigenvalue weighted by molar-refractivity contribution is -0.126. The Morgan fingerprint density at radius 3 is 2.39 bits per heavy atom. The number of hydrogen-bond acceptors (Lipinski definition) is 6. The molecule has 9 nitrogen and oxygen atoms in total. The smallest absolute Gasteiger partial charge is 0.315 e. The number of anilines is 3. The fourth-order valence-corrected chi connectivity index (χ4v) is 4.80. The van der Waals surface area contributed by atoms with Crippen LogP contribution in [-0.2, 0) is 14.8 Å². The van der Waals surface area contributed by atoms with E-state index in [9.17, 15) is 26.8 Å². The van der Waals surface area contributed by atoms with Crippen molar-refractivity contribution in [3.05, 3.63) is 83.6 Å². The van der Waals surface area contributed by atoms with Gasteiger partial charge in [-0.25, -0.2) is 18.2 Å². The molecule has 13 heteroatoms. The molecule has 0 spiro atoms. The third kappa shape index (κ3) is 5.72. The van der Waals surface area contributed by atoms with Gasteiger partial charge in [-0.2, -0.15) is 13.9 Å². The van der Waals surface area contributed by atoms with Crippen LogP contribution in [0.25, 0.3) is 16.8 Å². The van der Waals surface area contributed by atoms with E-state index in [0.717, 1.165) is 10.9 Å². The second kappa shape index (κ2) is 10.7. The predicted octanol–water partition coefficient (Wildman–Crippen LogP) is 4.99. The third-order valence-corrected chi connectivity index (χ3v) is 6.69. The molecule has 0 fully saturated rings. The summed E-state index contributed by atoms with van der Waals surface area (Å²) in [6.45, 7) is 1.40. The zero-order valence-electron chi connectivity index (χ0n) is 19.7. The van der Waals surface area contributed by atoms with Crippen molar-refractivity contribution in [1.82, 2.24) is 9.78 Å². The molecule has 196 valence electrons. The van der Waals surface area contributed by atoms with Gasteiger partial charge in [0.2, 0.25) is 10.0 Å². The Hall–Kier alpha value is -4.13. The van der Waals surface area contributed by atoms with E-state index in [2.05, 4.69) is 10.4 Å². The average Bonchev–Trinajstić information content (AvgIpc) is 3.31.